The van der Waals surface area contributed by atoms with Gasteiger partial charge in [-0.3, -0.25) is 14.4 Å². The Morgan fingerprint density at radius 2 is 1.83 bits per heavy atom. The summed E-state index contributed by atoms with van der Waals surface area (Å²) in [5.41, 5.74) is 0.232. The maximum absolute atomic E-state index is 11.7. The van der Waals surface area contributed by atoms with Gasteiger partial charge in [-0.25, -0.2) is 4.79 Å². The quantitative estimate of drug-likeness (QED) is 0.640. The summed E-state index contributed by atoms with van der Waals surface area (Å²) in [6.07, 6.45) is 1.39. The van der Waals surface area contributed by atoms with E-state index in [0.717, 1.165) is 0 Å². The highest BCUT2D eigenvalue weighted by atomic mass is 16.5. The second-order valence-corrected chi connectivity index (χ2v) is 4.67. The maximum atomic E-state index is 11.7. The zero-order chi connectivity index (χ0) is 16.8. The lowest BCUT2D eigenvalue weighted by Crippen LogP contribution is -2.24. The van der Waals surface area contributed by atoms with Crippen LogP contribution in [0, 0.1) is 0 Å². The topological polar surface area (TPSA) is 105 Å². The zero-order valence-corrected chi connectivity index (χ0v) is 12.3. The summed E-state index contributed by atoms with van der Waals surface area (Å²) < 4.78 is 4.78. The number of pyridine rings is 1. The summed E-state index contributed by atoms with van der Waals surface area (Å²) in [6, 6.07) is 9.08. The molecule has 0 spiro atoms. The summed E-state index contributed by atoms with van der Waals surface area (Å²) >= 11 is 0. The summed E-state index contributed by atoms with van der Waals surface area (Å²) in [4.78, 5) is 48.3. The first kappa shape index (κ1) is 16.2. The van der Waals surface area contributed by atoms with Crippen LogP contribution in [0.2, 0.25) is 0 Å². The minimum absolute atomic E-state index is 0.0788. The Balaban J connectivity index is 1.90. The molecule has 1 heterocycles. The highest BCUT2D eigenvalue weighted by Gasteiger charge is 2.13. The highest BCUT2D eigenvalue weighted by molar-refractivity contribution is 5.97. The fourth-order valence-electron chi connectivity index (χ4n) is 1.78. The molecule has 0 aliphatic heterocycles. The highest BCUT2D eigenvalue weighted by Crippen LogP contribution is 2.10. The number of H-pyrrole nitrogens is 1. The van der Waals surface area contributed by atoms with Crippen LogP contribution in [0.15, 0.2) is 47.4 Å². The molecule has 7 nitrogen and oxygen atoms in total. The minimum Gasteiger partial charge on any atom is -0.452 e. The largest absolute Gasteiger partial charge is 0.452 e. The van der Waals surface area contributed by atoms with Crippen LogP contribution in [0.4, 0.5) is 5.69 Å². The lowest BCUT2D eigenvalue weighted by Gasteiger charge is -2.06. The monoisotopic (exact) mass is 314 g/mol. The van der Waals surface area contributed by atoms with E-state index in [0.29, 0.717) is 11.3 Å². The molecule has 0 aliphatic carbocycles. The number of benzene rings is 1. The SMILES string of the molecule is CC(=O)c1ccc(NC(=O)COC(=O)c2ccc[nH]c2=O)cc1. The van der Waals surface area contributed by atoms with Crippen LogP contribution in [-0.2, 0) is 9.53 Å². The smallest absolute Gasteiger partial charge is 0.344 e. The molecule has 0 radical (unpaired) electrons. The third kappa shape index (κ3) is 4.37. The predicted octanol–water partition coefficient (Wildman–Crippen LogP) is 1.37. The second kappa shape index (κ2) is 7.17. The number of ether oxygens (including phenoxy) is 1. The standard InChI is InChI=1S/C16H14N2O5/c1-10(19)11-4-6-12(7-5-11)18-14(20)9-23-16(22)13-3-2-8-17-15(13)21/h2-8H,9H2,1H3,(H,17,21)(H,18,20). The number of anilines is 1. The first-order valence-electron chi connectivity index (χ1n) is 6.73. The van der Waals surface area contributed by atoms with Crippen molar-refractivity contribution in [2.75, 3.05) is 11.9 Å². The van der Waals surface area contributed by atoms with Crippen LogP contribution in [0.3, 0.4) is 0 Å². The van der Waals surface area contributed by atoms with Gasteiger partial charge in [-0.1, -0.05) is 0 Å². The normalized spacial score (nSPS) is 9.96. The molecule has 2 rings (SSSR count). The van der Waals surface area contributed by atoms with E-state index in [-0.39, 0.29) is 11.3 Å². The van der Waals surface area contributed by atoms with Gasteiger partial charge in [0.1, 0.15) is 5.56 Å². The van der Waals surface area contributed by atoms with E-state index < -0.39 is 24.0 Å². The number of esters is 1. The summed E-state index contributed by atoms with van der Waals surface area (Å²) in [7, 11) is 0. The molecule has 23 heavy (non-hydrogen) atoms. The lowest BCUT2D eigenvalue weighted by molar-refractivity contribution is -0.119. The third-order valence-electron chi connectivity index (χ3n) is 2.95. The molecular formula is C16H14N2O5. The van der Waals surface area contributed by atoms with Gasteiger partial charge in [-0.05, 0) is 43.3 Å². The molecule has 0 unspecified atom stereocenters. The molecule has 0 atom stereocenters. The Labute approximate surface area is 131 Å². The molecule has 1 aromatic heterocycles. The molecule has 0 fully saturated rings. The van der Waals surface area contributed by atoms with Crippen molar-refractivity contribution < 1.29 is 19.1 Å². The van der Waals surface area contributed by atoms with E-state index in [1.807, 2.05) is 0 Å². The molecule has 0 saturated heterocycles. The van der Waals surface area contributed by atoms with Crippen LogP contribution in [0.1, 0.15) is 27.6 Å². The Hall–Kier alpha value is -3.22. The van der Waals surface area contributed by atoms with Gasteiger partial charge < -0.3 is 15.0 Å². The molecule has 7 heteroatoms. The van der Waals surface area contributed by atoms with Crippen LogP contribution in [0.5, 0.6) is 0 Å². The molecule has 0 saturated carbocycles. The molecular weight excluding hydrogens is 300 g/mol. The Morgan fingerprint density at radius 1 is 1.13 bits per heavy atom. The van der Waals surface area contributed by atoms with Crippen molar-refractivity contribution >= 4 is 23.3 Å². The molecule has 118 valence electrons. The van der Waals surface area contributed by atoms with E-state index in [1.165, 1.54) is 25.3 Å². The van der Waals surface area contributed by atoms with Crippen molar-refractivity contribution in [3.05, 3.63) is 64.1 Å². The number of carbonyl (C=O) groups excluding carboxylic acids is 3. The van der Waals surface area contributed by atoms with E-state index in [2.05, 4.69) is 10.3 Å². The molecule has 0 bridgehead atoms. The summed E-state index contributed by atoms with van der Waals surface area (Å²) in [5.74, 6) is -1.51. The number of hydrogen-bond donors (Lipinski definition) is 2. The van der Waals surface area contributed by atoms with Crippen LogP contribution in [0.25, 0.3) is 0 Å². The fourth-order valence-corrected chi connectivity index (χ4v) is 1.78. The van der Waals surface area contributed by atoms with E-state index in [9.17, 15) is 19.2 Å². The van der Waals surface area contributed by atoms with E-state index >= 15 is 0 Å². The van der Waals surface area contributed by atoms with Crippen LogP contribution < -0.4 is 10.9 Å². The van der Waals surface area contributed by atoms with Crippen molar-refractivity contribution in [2.24, 2.45) is 0 Å². The number of aromatic nitrogens is 1. The van der Waals surface area contributed by atoms with Gasteiger partial charge in [0.05, 0.1) is 0 Å². The van der Waals surface area contributed by atoms with Gasteiger partial charge in [0.2, 0.25) is 0 Å². The number of nitrogens with one attached hydrogen (secondary N) is 2. The van der Waals surface area contributed by atoms with Gasteiger partial charge in [-0.2, -0.15) is 0 Å². The molecule has 2 aromatic rings. The van der Waals surface area contributed by atoms with Gasteiger partial charge in [0, 0.05) is 17.4 Å². The molecule has 2 N–H and O–H groups in total. The van der Waals surface area contributed by atoms with Crippen molar-refractivity contribution in [3.63, 3.8) is 0 Å². The number of hydrogen-bond acceptors (Lipinski definition) is 5. The first-order valence-corrected chi connectivity index (χ1v) is 6.73. The summed E-state index contributed by atoms with van der Waals surface area (Å²) in [6.45, 7) is 0.917. The Kier molecular flexibility index (Phi) is 5.03. The van der Waals surface area contributed by atoms with Gasteiger partial charge in [0.15, 0.2) is 12.4 Å². The molecule has 1 amide bonds. The number of aromatic amines is 1. The van der Waals surface area contributed by atoms with Crippen molar-refractivity contribution in [2.45, 2.75) is 6.92 Å². The zero-order valence-electron chi connectivity index (χ0n) is 12.3. The Morgan fingerprint density at radius 3 is 2.43 bits per heavy atom. The Bertz CT molecular complexity index is 793. The van der Waals surface area contributed by atoms with Crippen LogP contribution >= 0.6 is 0 Å². The number of Topliss-reactive ketones (excluding diaryl/α,β-unsaturated/α-hetero) is 1. The van der Waals surface area contributed by atoms with Gasteiger partial charge in [0.25, 0.3) is 11.5 Å². The first-order chi connectivity index (χ1) is 11.0. The predicted molar refractivity (Wildman–Crippen MR) is 82.4 cm³/mol. The number of ketones is 1. The van der Waals surface area contributed by atoms with Crippen molar-refractivity contribution in [1.82, 2.24) is 4.98 Å². The van der Waals surface area contributed by atoms with Crippen molar-refractivity contribution in [1.29, 1.82) is 0 Å². The average molecular weight is 314 g/mol. The van der Waals surface area contributed by atoms with Gasteiger partial charge in [-0.15, -0.1) is 0 Å². The summed E-state index contributed by atoms with van der Waals surface area (Å²) in [5, 5.41) is 2.52. The van der Waals surface area contributed by atoms with Crippen molar-refractivity contribution in [3.8, 4) is 0 Å². The average Bonchev–Trinajstić information content (AvgIpc) is 2.53. The maximum Gasteiger partial charge on any atom is 0.344 e. The lowest BCUT2D eigenvalue weighted by atomic mass is 10.1. The van der Waals surface area contributed by atoms with Gasteiger partial charge >= 0.3 is 5.97 Å². The third-order valence-corrected chi connectivity index (χ3v) is 2.95. The molecule has 0 aliphatic rings. The number of rotatable bonds is 5. The minimum atomic E-state index is -0.881. The van der Waals surface area contributed by atoms with E-state index in [4.69, 9.17) is 4.74 Å². The second-order valence-electron chi connectivity index (χ2n) is 4.67. The fraction of sp³-hybridized carbons (Fsp3) is 0.125. The number of amides is 1. The van der Waals surface area contributed by atoms with E-state index in [1.54, 1.807) is 24.3 Å². The van der Waals surface area contributed by atoms with Crippen LogP contribution in [-0.4, -0.2) is 29.3 Å². The number of carbonyl (C=O) groups is 3. The molecule has 1 aromatic carbocycles.